The largest absolute Gasteiger partial charge is 0.346 e. The van der Waals surface area contributed by atoms with Gasteiger partial charge in [-0.05, 0) is 53.4 Å². The van der Waals surface area contributed by atoms with Crippen LogP contribution in [0.25, 0.3) is 0 Å². The lowest BCUT2D eigenvalue weighted by molar-refractivity contribution is -0.144. The highest BCUT2D eigenvalue weighted by Gasteiger charge is 2.48. The van der Waals surface area contributed by atoms with Crippen molar-refractivity contribution in [2.75, 3.05) is 26.7 Å². The van der Waals surface area contributed by atoms with Gasteiger partial charge in [-0.15, -0.1) is 17.9 Å². The molecular weight excluding hydrogens is 693 g/mol. The first kappa shape index (κ1) is 43.9. The standard InChI is InChI=1S/C36H60N6O7S2/c1-12-15-26(29(43)32(45)37-18-13-2)39-31(44)28-25(23(3)4)17-19-42(28)33(46)30(36(8,9)10)40-34(47)38-24(21-35(5,6)7)22-41(11)51(48,49)27-16-14-20-50-27/h13-14,16,20,23-26,28,30H,2,12,15,17-19,21-22H2,1,3-11H3,(H,37,45)(H,39,44)(H2,38,40,47)/t24-,25?,26?,28-,30+/m0/s1. The Morgan fingerprint density at radius 1 is 1.08 bits per heavy atom. The topological polar surface area (TPSA) is 174 Å². The molecule has 0 spiro atoms. The molecule has 1 aromatic heterocycles. The number of nitrogens with zero attached hydrogens (tertiary/aromatic N) is 2. The summed E-state index contributed by atoms with van der Waals surface area (Å²) >= 11 is 1.12. The molecule has 0 aliphatic carbocycles. The third-order valence-electron chi connectivity index (χ3n) is 8.91. The van der Waals surface area contributed by atoms with Gasteiger partial charge in [0.1, 0.15) is 16.3 Å². The Labute approximate surface area is 308 Å². The summed E-state index contributed by atoms with van der Waals surface area (Å²) in [5.41, 5.74) is -1.05. The predicted molar refractivity (Wildman–Crippen MR) is 200 cm³/mol. The Hall–Kier alpha value is -3.30. The van der Waals surface area contributed by atoms with Crippen LogP contribution in [0, 0.1) is 22.7 Å². The Morgan fingerprint density at radius 2 is 1.73 bits per heavy atom. The second-order valence-corrected chi connectivity index (χ2v) is 19.2. The molecule has 4 N–H and O–H groups in total. The maximum atomic E-state index is 14.4. The number of hydrogen-bond donors (Lipinski definition) is 4. The van der Waals surface area contributed by atoms with E-state index in [0.29, 0.717) is 19.3 Å². The maximum Gasteiger partial charge on any atom is 0.315 e. The summed E-state index contributed by atoms with van der Waals surface area (Å²) in [5.74, 6) is -2.79. The van der Waals surface area contributed by atoms with E-state index in [2.05, 4.69) is 27.8 Å². The smallest absolute Gasteiger partial charge is 0.315 e. The fraction of sp³-hybridized carbons (Fsp3) is 0.694. The quantitative estimate of drug-likeness (QED) is 0.138. The molecule has 0 saturated carbocycles. The average molecular weight is 753 g/mol. The lowest BCUT2D eigenvalue weighted by atomic mass is 9.84. The summed E-state index contributed by atoms with van der Waals surface area (Å²) in [5, 5.41) is 12.7. The van der Waals surface area contributed by atoms with Crippen LogP contribution in [-0.4, -0.2) is 98.0 Å². The number of likely N-dealkylation sites (tertiary alicyclic amines) is 1. The van der Waals surface area contributed by atoms with Gasteiger partial charge in [0.25, 0.3) is 15.9 Å². The molecule has 1 aliphatic rings. The summed E-state index contributed by atoms with van der Waals surface area (Å²) in [6.07, 6.45) is 3.21. The van der Waals surface area contributed by atoms with Crippen molar-refractivity contribution in [3.05, 3.63) is 30.2 Å². The Balaban J connectivity index is 2.35. The molecular formula is C36H60N6O7S2. The molecule has 5 amide bonds. The summed E-state index contributed by atoms with van der Waals surface area (Å²) in [4.78, 5) is 69.0. The van der Waals surface area contributed by atoms with Crippen molar-refractivity contribution in [2.45, 2.75) is 116 Å². The fourth-order valence-corrected chi connectivity index (χ4v) is 8.78. The first-order chi connectivity index (χ1) is 23.5. The molecule has 51 heavy (non-hydrogen) atoms. The van der Waals surface area contributed by atoms with Gasteiger partial charge in [-0.1, -0.05) is 80.9 Å². The molecule has 0 bridgehead atoms. The van der Waals surface area contributed by atoms with E-state index in [-0.39, 0.29) is 47.5 Å². The zero-order valence-corrected chi connectivity index (χ0v) is 33.6. The molecule has 5 atom stereocenters. The van der Waals surface area contributed by atoms with Gasteiger partial charge in [0.2, 0.25) is 17.6 Å². The van der Waals surface area contributed by atoms with Crippen molar-refractivity contribution in [3.8, 4) is 0 Å². The number of urea groups is 1. The number of rotatable bonds is 17. The van der Waals surface area contributed by atoms with Crippen molar-refractivity contribution in [1.29, 1.82) is 0 Å². The SMILES string of the molecule is C=CCNC(=O)C(=O)C(CCC)NC(=O)[C@@H]1C(C(C)C)CCN1C(=O)[C@@H](NC(=O)N[C@H](CN(C)S(=O)(=O)c1cccs1)CC(C)(C)C)C(C)(C)C. The van der Waals surface area contributed by atoms with E-state index in [4.69, 9.17) is 0 Å². The minimum absolute atomic E-state index is 0.00670. The van der Waals surface area contributed by atoms with Gasteiger partial charge in [-0.2, -0.15) is 4.31 Å². The number of thiophene rings is 1. The Bertz CT molecular complexity index is 1480. The third-order valence-corrected chi connectivity index (χ3v) is 12.1. The molecule has 2 rings (SSSR count). The molecule has 1 aromatic rings. The first-order valence-corrected chi connectivity index (χ1v) is 20.0. The van der Waals surface area contributed by atoms with E-state index in [1.54, 1.807) is 11.4 Å². The molecule has 2 unspecified atom stereocenters. The number of nitrogens with one attached hydrogen (secondary N) is 4. The van der Waals surface area contributed by atoms with Crippen molar-refractivity contribution in [3.63, 3.8) is 0 Å². The normalized spacial score (nSPS) is 18.5. The van der Waals surface area contributed by atoms with Gasteiger partial charge in [0.15, 0.2) is 0 Å². The van der Waals surface area contributed by atoms with Crippen LogP contribution in [0.3, 0.4) is 0 Å². The third kappa shape index (κ3) is 12.4. The van der Waals surface area contributed by atoms with Crippen LogP contribution in [0.2, 0.25) is 0 Å². The molecule has 1 fully saturated rings. The first-order valence-electron chi connectivity index (χ1n) is 17.7. The van der Waals surface area contributed by atoms with Crippen LogP contribution in [-0.2, 0) is 29.2 Å². The molecule has 288 valence electrons. The summed E-state index contributed by atoms with van der Waals surface area (Å²) in [6, 6.07) is -1.08. The van der Waals surface area contributed by atoms with E-state index < -0.39 is 69.1 Å². The number of ketones is 1. The Kier molecular flexibility index (Phi) is 15.9. The molecule has 2 heterocycles. The molecule has 13 nitrogen and oxygen atoms in total. The lowest BCUT2D eigenvalue weighted by Crippen LogP contribution is -2.61. The van der Waals surface area contributed by atoms with Crippen LogP contribution in [0.15, 0.2) is 34.4 Å². The van der Waals surface area contributed by atoms with Crippen LogP contribution in [0.5, 0.6) is 0 Å². The van der Waals surface area contributed by atoms with E-state index in [1.807, 2.05) is 62.3 Å². The molecule has 1 aliphatic heterocycles. The fourth-order valence-electron chi connectivity index (χ4n) is 6.37. The maximum absolute atomic E-state index is 14.4. The van der Waals surface area contributed by atoms with Crippen molar-refractivity contribution < 1.29 is 32.4 Å². The summed E-state index contributed by atoms with van der Waals surface area (Å²) in [7, 11) is -2.30. The van der Waals surface area contributed by atoms with E-state index >= 15 is 0 Å². The van der Waals surface area contributed by atoms with E-state index in [9.17, 15) is 32.4 Å². The minimum atomic E-state index is -3.77. The highest BCUT2D eigenvalue weighted by molar-refractivity contribution is 7.91. The average Bonchev–Trinajstić information content (AvgIpc) is 3.72. The van der Waals surface area contributed by atoms with Crippen LogP contribution < -0.4 is 21.3 Å². The molecule has 15 heteroatoms. The second kappa shape index (κ2) is 18.5. The highest BCUT2D eigenvalue weighted by Crippen LogP contribution is 2.33. The van der Waals surface area contributed by atoms with Crippen molar-refractivity contribution in [1.82, 2.24) is 30.5 Å². The zero-order valence-electron chi connectivity index (χ0n) is 32.0. The number of likely N-dealkylation sites (N-methyl/N-ethyl adjacent to an activating group) is 1. The number of hydrogen-bond acceptors (Lipinski definition) is 8. The number of sulfonamides is 1. The summed E-state index contributed by atoms with van der Waals surface area (Å²) < 4.78 is 27.8. The van der Waals surface area contributed by atoms with Gasteiger partial charge in [0, 0.05) is 32.7 Å². The van der Waals surface area contributed by atoms with Gasteiger partial charge in [-0.25, -0.2) is 13.2 Å². The molecule has 0 aromatic carbocycles. The van der Waals surface area contributed by atoms with E-state index in [0.717, 1.165) is 11.3 Å². The highest BCUT2D eigenvalue weighted by atomic mass is 32.2. The van der Waals surface area contributed by atoms with E-state index in [1.165, 1.54) is 28.4 Å². The zero-order chi connectivity index (χ0) is 38.9. The lowest BCUT2D eigenvalue weighted by Gasteiger charge is -2.37. The minimum Gasteiger partial charge on any atom is -0.346 e. The summed E-state index contributed by atoms with van der Waals surface area (Å²) in [6.45, 7) is 21.1. The number of carbonyl (C=O) groups excluding carboxylic acids is 5. The molecule has 1 saturated heterocycles. The number of Topliss-reactive ketones (excluding diaryl/α,β-unsaturated/α-hetero) is 1. The second-order valence-electron chi connectivity index (χ2n) is 16.0. The van der Waals surface area contributed by atoms with Crippen molar-refractivity contribution >= 4 is 50.9 Å². The monoisotopic (exact) mass is 752 g/mol. The van der Waals surface area contributed by atoms with Gasteiger partial charge < -0.3 is 26.2 Å². The number of carbonyl (C=O) groups is 5. The van der Waals surface area contributed by atoms with Gasteiger partial charge >= 0.3 is 6.03 Å². The van der Waals surface area contributed by atoms with Crippen molar-refractivity contribution in [2.24, 2.45) is 22.7 Å². The Morgan fingerprint density at radius 3 is 2.24 bits per heavy atom. The number of amides is 5. The van der Waals surface area contributed by atoms with Gasteiger partial charge in [-0.3, -0.25) is 19.2 Å². The van der Waals surface area contributed by atoms with Crippen LogP contribution in [0.1, 0.15) is 88.0 Å². The van der Waals surface area contributed by atoms with Crippen LogP contribution >= 0.6 is 11.3 Å². The predicted octanol–water partition coefficient (Wildman–Crippen LogP) is 3.92. The molecule has 0 radical (unpaired) electrons. The van der Waals surface area contributed by atoms with Crippen LogP contribution in [0.4, 0.5) is 4.79 Å². The van der Waals surface area contributed by atoms with Gasteiger partial charge in [0.05, 0.1) is 6.04 Å².